The number of halogens is 2. The molecule has 0 radical (unpaired) electrons. The maximum atomic E-state index is 12.8. The predicted molar refractivity (Wildman–Crippen MR) is 130 cm³/mol. The van der Waals surface area contributed by atoms with Crippen molar-refractivity contribution in [2.45, 2.75) is 13.5 Å². The Kier molecular flexibility index (Phi) is 5.52. The quantitative estimate of drug-likeness (QED) is 0.286. The Balaban J connectivity index is 1.75. The Morgan fingerprint density at radius 1 is 0.941 bits per heavy atom. The van der Waals surface area contributed by atoms with E-state index in [4.69, 9.17) is 4.98 Å². The van der Waals surface area contributed by atoms with Crippen molar-refractivity contribution in [2.75, 3.05) is 0 Å². The van der Waals surface area contributed by atoms with Crippen molar-refractivity contribution in [3.8, 4) is 23.1 Å². The van der Waals surface area contributed by atoms with Gasteiger partial charge in [0.1, 0.15) is 17.4 Å². The molecule has 3 aromatic carbocycles. The lowest BCUT2D eigenvalue weighted by Gasteiger charge is -2.12. The zero-order chi connectivity index (χ0) is 23.7. The lowest BCUT2D eigenvalue weighted by atomic mass is 10.0. The van der Waals surface area contributed by atoms with E-state index in [1.165, 1.54) is 6.07 Å². The number of pyridine rings is 1. The van der Waals surface area contributed by atoms with Crippen molar-refractivity contribution in [1.82, 2.24) is 9.38 Å². The summed E-state index contributed by atoms with van der Waals surface area (Å²) < 4.78 is 32.3. The summed E-state index contributed by atoms with van der Waals surface area (Å²) in [5.41, 5.74) is 6.72. The van der Waals surface area contributed by atoms with Crippen LogP contribution in [0.25, 0.3) is 40.1 Å². The third-order valence-corrected chi connectivity index (χ3v) is 5.64. The van der Waals surface area contributed by atoms with Crippen LogP contribution in [0.5, 0.6) is 5.75 Å². The third-order valence-electron chi connectivity index (χ3n) is 5.64. The van der Waals surface area contributed by atoms with Crippen molar-refractivity contribution in [2.24, 2.45) is 0 Å². The van der Waals surface area contributed by atoms with Crippen LogP contribution >= 0.6 is 0 Å². The summed E-state index contributed by atoms with van der Waals surface area (Å²) in [5.74, 6) is 0.0682. The van der Waals surface area contributed by atoms with Gasteiger partial charge in [-0.2, -0.15) is 14.0 Å². The Morgan fingerprint density at radius 3 is 2.41 bits per heavy atom. The number of nitrogens with zero attached hydrogens (tertiary/aromatic N) is 3. The molecular formula is C28H19F2N3O. The van der Waals surface area contributed by atoms with Crippen LogP contribution in [-0.2, 0) is 0 Å². The first-order valence-corrected chi connectivity index (χ1v) is 10.7. The van der Waals surface area contributed by atoms with Gasteiger partial charge in [0.05, 0.1) is 16.7 Å². The second-order valence-corrected chi connectivity index (χ2v) is 7.85. The Morgan fingerprint density at radius 2 is 1.65 bits per heavy atom. The largest absolute Gasteiger partial charge is 0.434 e. The van der Waals surface area contributed by atoms with Gasteiger partial charge in [0.2, 0.25) is 0 Å². The van der Waals surface area contributed by atoms with Gasteiger partial charge in [0.25, 0.3) is 0 Å². The first-order valence-electron chi connectivity index (χ1n) is 10.7. The smallest absolute Gasteiger partial charge is 0.387 e. The summed E-state index contributed by atoms with van der Waals surface area (Å²) >= 11 is 0. The molecule has 0 atom stereocenters. The van der Waals surface area contributed by atoms with Crippen molar-refractivity contribution in [3.63, 3.8) is 0 Å². The molecular weight excluding hydrogens is 432 g/mol. The molecule has 0 aliphatic carbocycles. The fraction of sp³-hybridized carbons (Fsp3) is 0.0714. The number of aromatic nitrogens is 2. The van der Waals surface area contributed by atoms with Gasteiger partial charge >= 0.3 is 6.61 Å². The highest BCUT2D eigenvalue weighted by Gasteiger charge is 2.17. The Bertz CT molecular complexity index is 1580. The van der Waals surface area contributed by atoms with Gasteiger partial charge < -0.3 is 4.74 Å². The van der Waals surface area contributed by atoms with Gasteiger partial charge in [0.15, 0.2) is 5.65 Å². The molecule has 4 nitrogen and oxygen atoms in total. The number of benzene rings is 3. The maximum absolute atomic E-state index is 12.8. The van der Waals surface area contributed by atoms with Gasteiger partial charge in [-0.05, 0) is 42.3 Å². The minimum Gasteiger partial charge on any atom is -0.434 e. The highest BCUT2D eigenvalue weighted by Crippen LogP contribution is 2.32. The number of nitriles is 1. The van der Waals surface area contributed by atoms with Crippen molar-refractivity contribution < 1.29 is 13.5 Å². The molecule has 34 heavy (non-hydrogen) atoms. The van der Waals surface area contributed by atoms with E-state index < -0.39 is 6.61 Å². The average Bonchev–Trinajstić information content (AvgIpc) is 3.22. The SMILES string of the molecule is Cc1ccc(-c2cc(/C=C/c3ccccc3OC(F)F)c(C#N)c3nc4ccccc4n23)cc1. The van der Waals surface area contributed by atoms with E-state index in [1.54, 1.807) is 30.4 Å². The topological polar surface area (TPSA) is 50.3 Å². The van der Waals surface area contributed by atoms with Crippen LogP contribution < -0.4 is 4.74 Å². The zero-order valence-corrected chi connectivity index (χ0v) is 18.2. The molecule has 0 unspecified atom stereocenters. The second kappa shape index (κ2) is 8.80. The van der Waals surface area contributed by atoms with E-state index in [2.05, 4.69) is 10.8 Å². The van der Waals surface area contributed by atoms with Crippen LogP contribution in [0.2, 0.25) is 0 Å². The minimum atomic E-state index is -2.92. The predicted octanol–water partition coefficient (Wildman–Crippen LogP) is 7.11. The van der Waals surface area contributed by atoms with Gasteiger partial charge in [-0.3, -0.25) is 4.40 Å². The van der Waals surface area contributed by atoms with Crippen molar-refractivity contribution in [1.29, 1.82) is 5.26 Å². The molecule has 5 aromatic rings. The van der Waals surface area contributed by atoms with Crippen LogP contribution in [0.3, 0.4) is 0 Å². The summed E-state index contributed by atoms with van der Waals surface area (Å²) in [6.07, 6.45) is 3.41. The van der Waals surface area contributed by atoms with Crippen LogP contribution in [-0.4, -0.2) is 16.0 Å². The van der Waals surface area contributed by atoms with Crippen LogP contribution in [0, 0.1) is 18.3 Å². The number of imidazole rings is 1. The van der Waals surface area contributed by atoms with Gasteiger partial charge in [-0.1, -0.05) is 72.3 Å². The van der Waals surface area contributed by atoms with E-state index >= 15 is 0 Å². The second-order valence-electron chi connectivity index (χ2n) is 7.85. The molecule has 0 N–H and O–H groups in total. The normalized spacial score (nSPS) is 11.5. The molecule has 5 rings (SSSR count). The minimum absolute atomic E-state index is 0.0682. The van der Waals surface area contributed by atoms with E-state index in [0.29, 0.717) is 22.3 Å². The fourth-order valence-electron chi connectivity index (χ4n) is 4.03. The molecule has 2 heterocycles. The van der Waals surface area contributed by atoms with E-state index in [9.17, 15) is 14.0 Å². The molecule has 0 amide bonds. The number of hydrogen-bond acceptors (Lipinski definition) is 3. The van der Waals surface area contributed by atoms with Gasteiger partial charge in [0, 0.05) is 5.56 Å². The van der Waals surface area contributed by atoms with Crippen molar-refractivity contribution >= 4 is 28.8 Å². The standard InChI is InChI=1S/C28H19F2N3O/c1-18-10-12-19(13-11-18)25-16-21(15-14-20-6-2-5-9-26(20)34-28(29)30)22(17-31)27-32-23-7-3-4-8-24(23)33(25)27/h2-16,28H,1H3/b15-14+. The van der Waals surface area contributed by atoms with Gasteiger partial charge in [-0.25, -0.2) is 4.98 Å². The monoisotopic (exact) mass is 451 g/mol. The van der Waals surface area contributed by atoms with Crippen LogP contribution in [0.4, 0.5) is 8.78 Å². The molecule has 0 aliphatic rings. The number of hydrogen-bond donors (Lipinski definition) is 0. The first-order chi connectivity index (χ1) is 16.5. The lowest BCUT2D eigenvalue weighted by molar-refractivity contribution is -0.0499. The molecule has 166 valence electrons. The average molecular weight is 451 g/mol. The van der Waals surface area contributed by atoms with Crippen molar-refractivity contribution in [3.05, 3.63) is 101 Å². The maximum Gasteiger partial charge on any atom is 0.387 e. The number of para-hydroxylation sites is 3. The molecule has 0 spiro atoms. The molecule has 0 fully saturated rings. The van der Waals surface area contributed by atoms with E-state index in [1.807, 2.05) is 65.9 Å². The van der Waals surface area contributed by atoms with Crippen LogP contribution in [0.15, 0.2) is 78.9 Å². The number of rotatable bonds is 5. The Hall–Kier alpha value is -4.50. The highest BCUT2D eigenvalue weighted by atomic mass is 19.3. The Labute approximate surface area is 195 Å². The number of aryl methyl sites for hydroxylation is 1. The molecule has 0 saturated carbocycles. The molecule has 0 aliphatic heterocycles. The third kappa shape index (κ3) is 3.89. The molecule has 0 saturated heterocycles. The first kappa shape index (κ1) is 21.4. The van der Waals surface area contributed by atoms with E-state index in [-0.39, 0.29) is 5.75 Å². The number of fused-ring (bicyclic) bond motifs is 3. The van der Waals surface area contributed by atoms with Crippen LogP contribution in [0.1, 0.15) is 22.3 Å². The molecule has 0 bridgehead atoms. The van der Waals surface area contributed by atoms with Gasteiger partial charge in [-0.15, -0.1) is 0 Å². The number of ether oxygens (including phenoxy) is 1. The summed E-state index contributed by atoms with van der Waals surface area (Å²) in [5, 5.41) is 10.0. The molecule has 6 heteroatoms. The zero-order valence-electron chi connectivity index (χ0n) is 18.2. The molecule has 2 aromatic heterocycles. The summed E-state index contributed by atoms with van der Waals surface area (Å²) in [7, 11) is 0. The number of alkyl halides is 2. The summed E-state index contributed by atoms with van der Waals surface area (Å²) in [4.78, 5) is 4.74. The lowest BCUT2D eigenvalue weighted by Crippen LogP contribution is -2.03. The highest BCUT2D eigenvalue weighted by molar-refractivity contribution is 5.89. The van der Waals surface area contributed by atoms with E-state index in [0.717, 1.165) is 27.9 Å². The summed E-state index contributed by atoms with van der Waals surface area (Å²) in [6, 6.07) is 26.6. The summed E-state index contributed by atoms with van der Waals surface area (Å²) in [6.45, 7) is -0.899. The fourth-order valence-corrected chi connectivity index (χ4v) is 4.03.